The van der Waals surface area contributed by atoms with E-state index in [4.69, 9.17) is 32.7 Å². The van der Waals surface area contributed by atoms with Crippen LogP contribution in [-0.4, -0.2) is 66.7 Å². The van der Waals surface area contributed by atoms with Crippen LogP contribution in [0.15, 0.2) is 65.7 Å². The van der Waals surface area contributed by atoms with Crippen molar-refractivity contribution in [3.05, 3.63) is 76.8 Å². The van der Waals surface area contributed by atoms with Crippen molar-refractivity contribution >= 4 is 68.8 Å². The third-order valence-corrected chi connectivity index (χ3v) is 12.2. The van der Waals surface area contributed by atoms with Gasteiger partial charge in [0.1, 0.15) is 33.6 Å². The monoisotopic (exact) mass is 774 g/mol. The van der Waals surface area contributed by atoms with E-state index in [9.17, 15) is 13.8 Å². The number of H-pyrrole nitrogens is 1. The Labute approximate surface area is 317 Å². The summed E-state index contributed by atoms with van der Waals surface area (Å²) in [5.41, 5.74) is 3.47. The van der Waals surface area contributed by atoms with Crippen molar-refractivity contribution in [1.82, 2.24) is 14.5 Å². The molecule has 0 radical (unpaired) electrons. The first-order valence-electron chi connectivity index (χ1n) is 17.5. The molecular weight excluding hydrogens is 727 g/mol. The van der Waals surface area contributed by atoms with Crippen LogP contribution in [0, 0.1) is 5.92 Å². The van der Waals surface area contributed by atoms with Gasteiger partial charge in [0.2, 0.25) is 0 Å². The highest BCUT2D eigenvalue weighted by molar-refractivity contribution is 8.12. The Kier molecular flexibility index (Phi) is 13.9. The summed E-state index contributed by atoms with van der Waals surface area (Å²) in [6, 6.07) is 15.9. The van der Waals surface area contributed by atoms with Gasteiger partial charge in [-0.05, 0) is 119 Å². The van der Waals surface area contributed by atoms with Gasteiger partial charge in [0.25, 0.3) is 5.56 Å². The van der Waals surface area contributed by atoms with Gasteiger partial charge in [-0.15, -0.1) is 23.2 Å². The summed E-state index contributed by atoms with van der Waals surface area (Å²) in [5.74, 6) is 3.96. The number of anilines is 1. The normalized spacial score (nSPS) is 14.5. The number of nitrogens with zero attached hydrogens (tertiary/aromatic N) is 3. The molecule has 1 unspecified atom stereocenters. The van der Waals surface area contributed by atoms with Crippen molar-refractivity contribution in [3.63, 3.8) is 0 Å². The van der Waals surface area contributed by atoms with E-state index in [0.717, 1.165) is 67.4 Å². The summed E-state index contributed by atoms with van der Waals surface area (Å²) in [6.07, 6.45) is 8.71. The van der Waals surface area contributed by atoms with Gasteiger partial charge in [-0.1, -0.05) is 12.1 Å². The minimum Gasteiger partial charge on any atom is -0.457 e. The van der Waals surface area contributed by atoms with E-state index in [1.807, 2.05) is 72.0 Å². The second-order valence-corrected chi connectivity index (χ2v) is 17.2. The summed E-state index contributed by atoms with van der Waals surface area (Å²) < 4.78 is 29.0. The van der Waals surface area contributed by atoms with Crippen LogP contribution in [0.2, 0.25) is 0 Å². The van der Waals surface area contributed by atoms with Crippen LogP contribution in [-0.2, 0) is 29.2 Å². The highest BCUT2D eigenvalue weighted by atomic mass is 35.5. The molecule has 51 heavy (non-hydrogen) atoms. The number of carbonyl (C=O) groups is 1. The van der Waals surface area contributed by atoms with Gasteiger partial charge < -0.3 is 23.9 Å². The van der Waals surface area contributed by atoms with Crippen molar-refractivity contribution in [2.24, 2.45) is 13.0 Å². The van der Waals surface area contributed by atoms with Gasteiger partial charge in [-0.25, -0.2) is 12.7 Å². The topological polar surface area (TPSA) is 96.9 Å². The van der Waals surface area contributed by atoms with Gasteiger partial charge in [-0.2, -0.15) is 0 Å². The number of ether oxygens (including phenoxy) is 2. The number of aromatic nitrogens is 2. The number of aryl methyl sites for hydroxylation is 2. The molecule has 3 heterocycles. The van der Waals surface area contributed by atoms with Crippen LogP contribution in [0.3, 0.4) is 0 Å². The maximum absolute atomic E-state index is 13.5. The molecule has 0 spiro atoms. The number of rotatable bonds is 15. The Bertz CT molecular complexity index is 1850. The highest BCUT2D eigenvalue weighted by Crippen LogP contribution is 2.41. The molecule has 0 bridgehead atoms. The molecule has 1 aliphatic heterocycles. The number of piperidine rings is 1. The SMILES string of the molecule is Cn1cc(-c2cc(N(SCCCCl)S(=O)CCCCl)ccc2Oc2ccc(CCC3CCN(C(=O)OC(C)(C)C)CC3)cc2)c2cc[nH]c2c1=O. The van der Waals surface area contributed by atoms with Crippen molar-refractivity contribution in [3.8, 4) is 22.6 Å². The zero-order valence-corrected chi connectivity index (χ0v) is 32.9. The number of hydrogen-bond acceptors (Lipinski definition) is 6. The van der Waals surface area contributed by atoms with Crippen molar-refractivity contribution < 1.29 is 18.5 Å². The van der Waals surface area contributed by atoms with E-state index in [-0.39, 0.29) is 11.7 Å². The molecule has 276 valence electrons. The molecule has 1 fully saturated rings. The average molecular weight is 776 g/mol. The number of carbonyl (C=O) groups excluding carboxylic acids is 1. The first-order chi connectivity index (χ1) is 24.5. The molecule has 9 nitrogen and oxygen atoms in total. The molecule has 2 aromatic heterocycles. The second kappa shape index (κ2) is 18.1. The van der Waals surface area contributed by atoms with Crippen LogP contribution < -0.4 is 14.0 Å². The molecule has 1 aliphatic rings. The Morgan fingerprint density at radius 1 is 1.04 bits per heavy atom. The van der Waals surface area contributed by atoms with E-state index in [1.54, 1.807) is 17.8 Å². The van der Waals surface area contributed by atoms with Gasteiger partial charge in [-0.3, -0.25) is 4.79 Å². The van der Waals surface area contributed by atoms with Crippen LogP contribution in [0.25, 0.3) is 22.0 Å². The standard InChI is InChI=1S/C38H48Cl2N4O5S2/c1-38(2,3)49-37(46)43-21-16-28(17-22-43)8-7-27-9-12-30(13-10-27)48-34-14-11-29(44(50-23-5-18-39)51(47)24-6-19-40)25-32(34)33-26-42(4)36(45)35-31(33)15-20-41-35/h9-15,20,25-26,28,41H,5-8,16-19,21-24H2,1-4H3. The molecule has 4 aromatic rings. The Balaban J connectivity index is 1.35. The number of halogens is 2. The zero-order valence-electron chi connectivity index (χ0n) is 29.8. The average Bonchev–Trinajstić information content (AvgIpc) is 3.61. The molecule has 0 saturated carbocycles. The van der Waals surface area contributed by atoms with Crippen molar-refractivity contribution in [1.29, 1.82) is 0 Å². The predicted molar refractivity (Wildman–Crippen MR) is 213 cm³/mol. The Morgan fingerprint density at radius 3 is 2.45 bits per heavy atom. The quantitative estimate of drug-likeness (QED) is 0.0735. The minimum atomic E-state index is -1.32. The summed E-state index contributed by atoms with van der Waals surface area (Å²) in [6.45, 7) is 7.14. The number of aromatic amines is 1. The molecule has 1 saturated heterocycles. The molecule has 1 atom stereocenters. The Hall–Kier alpha value is -3.12. The fourth-order valence-corrected chi connectivity index (χ4v) is 9.19. The van der Waals surface area contributed by atoms with Crippen LogP contribution >= 0.6 is 35.1 Å². The van der Waals surface area contributed by atoms with E-state index in [1.165, 1.54) is 17.5 Å². The third-order valence-electron chi connectivity index (χ3n) is 8.74. The first-order valence-corrected chi connectivity index (χ1v) is 20.8. The van der Waals surface area contributed by atoms with E-state index in [0.29, 0.717) is 52.6 Å². The van der Waals surface area contributed by atoms with Gasteiger partial charge in [0, 0.05) is 72.3 Å². The number of amides is 1. The third kappa shape index (κ3) is 10.5. The number of pyridine rings is 1. The first kappa shape index (κ1) is 39.1. The van der Waals surface area contributed by atoms with Gasteiger partial charge >= 0.3 is 6.09 Å². The maximum Gasteiger partial charge on any atom is 0.410 e. The van der Waals surface area contributed by atoms with Crippen LogP contribution in [0.5, 0.6) is 11.5 Å². The Morgan fingerprint density at radius 2 is 1.76 bits per heavy atom. The number of fused-ring (bicyclic) bond motifs is 1. The number of alkyl halides is 2. The summed E-state index contributed by atoms with van der Waals surface area (Å²) in [7, 11) is 0.411. The van der Waals surface area contributed by atoms with E-state index < -0.39 is 16.6 Å². The lowest BCUT2D eigenvalue weighted by molar-refractivity contribution is 0.0181. The summed E-state index contributed by atoms with van der Waals surface area (Å²) in [5, 5.41) is 0.775. The van der Waals surface area contributed by atoms with Gasteiger partial charge in [0.15, 0.2) is 0 Å². The molecule has 5 rings (SSSR count). The highest BCUT2D eigenvalue weighted by Gasteiger charge is 2.27. The minimum absolute atomic E-state index is 0.123. The molecule has 1 N–H and O–H groups in total. The van der Waals surface area contributed by atoms with Crippen LogP contribution in [0.1, 0.15) is 58.4 Å². The lowest BCUT2D eigenvalue weighted by Crippen LogP contribution is -2.41. The molecule has 1 amide bonds. The molecule has 13 heteroatoms. The lowest BCUT2D eigenvalue weighted by Gasteiger charge is -2.33. The zero-order chi connectivity index (χ0) is 36.5. The number of benzene rings is 2. The van der Waals surface area contributed by atoms with Gasteiger partial charge in [0.05, 0.1) is 5.69 Å². The fourth-order valence-electron chi connectivity index (χ4n) is 6.08. The predicted octanol–water partition coefficient (Wildman–Crippen LogP) is 9.28. The molecule has 0 aliphatic carbocycles. The smallest absolute Gasteiger partial charge is 0.410 e. The molecular formula is C38H48Cl2N4O5S2. The lowest BCUT2D eigenvalue weighted by atomic mass is 9.90. The van der Waals surface area contributed by atoms with Crippen LogP contribution in [0.4, 0.5) is 10.5 Å². The second-order valence-electron chi connectivity index (χ2n) is 13.8. The maximum atomic E-state index is 13.5. The van der Waals surface area contributed by atoms with Crippen molar-refractivity contribution in [2.45, 2.75) is 64.9 Å². The largest absolute Gasteiger partial charge is 0.457 e. The molecule has 2 aromatic carbocycles. The summed E-state index contributed by atoms with van der Waals surface area (Å²) >= 11 is 13.4. The number of nitrogens with one attached hydrogen (secondary N) is 1. The fraction of sp³-hybridized carbons (Fsp3) is 0.474. The number of likely N-dealkylation sites (tertiary alicyclic amines) is 1. The number of hydrogen-bond donors (Lipinski definition) is 1. The summed E-state index contributed by atoms with van der Waals surface area (Å²) in [4.78, 5) is 30.3. The van der Waals surface area contributed by atoms with Crippen molar-refractivity contribution in [2.75, 3.05) is 40.1 Å². The van der Waals surface area contributed by atoms with E-state index in [2.05, 4.69) is 17.1 Å². The van der Waals surface area contributed by atoms with E-state index >= 15 is 0 Å².